The monoisotopic (exact) mass is 167 g/mol. The molecule has 66 valence electrons. The van der Waals surface area contributed by atoms with E-state index in [-0.39, 0.29) is 11.6 Å². The number of urea groups is 1. The van der Waals surface area contributed by atoms with Crippen LogP contribution in [0.4, 0.5) is 4.79 Å². The summed E-state index contributed by atoms with van der Waals surface area (Å²) in [5.41, 5.74) is 5.43. The minimum absolute atomic E-state index is 0.269. The third kappa shape index (κ3) is 0.983. The van der Waals surface area contributed by atoms with Crippen molar-refractivity contribution in [1.82, 2.24) is 5.32 Å². The predicted molar refractivity (Wildman–Crippen MR) is 46.0 cm³/mol. The maximum Gasteiger partial charge on any atom is 0.343 e. The van der Waals surface area contributed by atoms with Gasteiger partial charge in [0.1, 0.15) is 5.84 Å². The number of nitrogens with two attached hydrogens (primary N) is 1. The molecule has 12 heavy (non-hydrogen) atoms. The Morgan fingerprint density at radius 2 is 2.00 bits per heavy atom. The lowest BCUT2D eigenvalue weighted by atomic mass is 9.81. The molecule has 0 saturated heterocycles. The van der Waals surface area contributed by atoms with Crippen LogP contribution in [0.25, 0.3) is 0 Å². The van der Waals surface area contributed by atoms with Crippen molar-refractivity contribution in [1.29, 1.82) is 0 Å². The van der Waals surface area contributed by atoms with E-state index < -0.39 is 0 Å². The van der Waals surface area contributed by atoms with Gasteiger partial charge >= 0.3 is 6.03 Å². The first-order valence-corrected chi connectivity index (χ1v) is 4.40. The van der Waals surface area contributed by atoms with E-state index in [9.17, 15) is 4.79 Å². The Hall–Kier alpha value is -1.06. The van der Waals surface area contributed by atoms with Gasteiger partial charge in [-0.05, 0) is 12.8 Å². The van der Waals surface area contributed by atoms with Crippen molar-refractivity contribution in [3.05, 3.63) is 0 Å². The van der Waals surface area contributed by atoms with E-state index in [0.29, 0.717) is 5.84 Å². The highest BCUT2D eigenvalue weighted by molar-refractivity contribution is 6.05. The molecule has 2 aliphatic rings. The summed E-state index contributed by atoms with van der Waals surface area (Å²) >= 11 is 0. The first-order chi connectivity index (χ1) is 5.73. The molecule has 3 N–H and O–H groups in total. The third-order valence-electron chi connectivity index (χ3n) is 2.77. The van der Waals surface area contributed by atoms with Gasteiger partial charge in [0.05, 0.1) is 5.54 Å². The van der Waals surface area contributed by atoms with Gasteiger partial charge < -0.3 is 11.1 Å². The Bertz CT molecular complexity index is 241. The van der Waals surface area contributed by atoms with E-state index >= 15 is 0 Å². The summed E-state index contributed by atoms with van der Waals surface area (Å²) in [4.78, 5) is 14.7. The predicted octanol–water partition coefficient (Wildman–Crippen LogP) is 0.770. The molecule has 1 saturated carbocycles. The molecule has 0 bridgehead atoms. The molecule has 0 radical (unpaired) electrons. The Kier molecular flexibility index (Phi) is 1.56. The topological polar surface area (TPSA) is 67.5 Å². The number of carbonyl (C=O) groups excluding carboxylic acids is 1. The quantitative estimate of drug-likeness (QED) is 0.559. The van der Waals surface area contributed by atoms with Crippen LogP contribution in [0.3, 0.4) is 0 Å². The molecule has 1 fully saturated rings. The van der Waals surface area contributed by atoms with E-state index in [0.717, 1.165) is 25.7 Å². The number of amidine groups is 1. The van der Waals surface area contributed by atoms with Crippen molar-refractivity contribution in [3.63, 3.8) is 0 Å². The number of hydrogen-bond donors (Lipinski definition) is 2. The molecular weight excluding hydrogens is 154 g/mol. The molecule has 1 aliphatic carbocycles. The molecule has 0 aromatic heterocycles. The van der Waals surface area contributed by atoms with Crippen molar-refractivity contribution < 1.29 is 4.79 Å². The number of hydrogen-bond acceptors (Lipinski definition) is 2. The summed E-state index contributed by atoms with van der Waals surface area (Å²) in [6.07, 6.45) is 5.42. The van der Waals surface area contributed by atoms with Crippen molar-refractivity contribution in [3.8, 4) is 0 Å². The van der Waals surface area contributed by atoms with E-state index in [1.54, 1.807) is 0 Å². The SMILES string of the molecule is NC1=NC(=O)NC12CCCCC2. The highest BCUT2D eigenvalue weighted by Gasteiger charge is 2.41. The van der Waals surface area contributed by atoms with E-state index in [2.05, 4.69) is 10.3 Å². The van der Waals surface area contributed by atoms with Crippen LogP contribution in [-0.4, -0.2) is 17.4 Å². The fourth-order valence-corrected chi connectivity index (χ4v) is 2.05. The normalized spacial score (nSPS) is 27.0. The highest BCUT2D eigenvalue weighted by atomic mass is 16.2. The van der Waals surface area contributed by atoms with Gasteiger partial charge in [-0.25, -0.2) is 4.79 Å². The second kappa shape index (κ2) is 2.47. The van der Waals surface area contributed by atoms with Gasteiger partial charge in [0.25, 0.3) is 0 Å². The van der Waals surface area contributed by atoms with E-state index in [4.69, 9.17) is 5.73 Å². The Labute approximate surface area is 71.2 Å². The molecule has 2 amide bonds. The van der Waals surface area contributed by atoms with Gasteiger partial charge in [-0.15, -0.1) is 0 Å². The van der Waals surface area contributed by atoms with Gasteiger partial charge in [-0.3, -0.25) is 0 Å². The Morgan fingerprint density at radius 1 is 1.33 bits per heavy atom. The highest BCUT2D eigenvalue weighted by Crippen LogP contribution is 2.30. The molecule has 0 unspecified atom stereocenters. The number of nitrogens with one attached hydrogen (secondary N) is 1. The van der Waals surface area contributed by atoms with Crippen LogP contribution in [0.1, 0.15) is 32.1 Å². The van der Waals surface area contributed by atoms with Crippen LogP contribution in [0.2, 0.25) is 0 Å². The smallest absolute Gasteiger partial charge is 0.343 e. The maximum atomic E-state index is 10.9. The molecule has 0 aromatic rings. The van der Waals surface area contributed by atoms with Crippen molar-refractivity contribution in [2.24, 2.45) is 10.7 Å². The maximum absolute atomic E-state index is 10.9. The fourth-order valence-electron chi connectivity index (χ4n) is 2.05. The summed E-state index contributed by atoms with van der Waals surface area (Å²) in [6, 6.07) is -0.269. The van der Waals surface area contributed by atoms with Gasteiger partial charge in [-0.2, -0.15) is 4.99 Å². The molecular formula is C8H13N3O. The largest absolute Gasteiger partial charge is 0.385 e. The number of carbonyl (C=O) groups is 1. The number of rotatable bonds is 0. The van der Waals surface area contributed by atoms with Gasteiger partial charge in [0, 0.05) is 0 Å². The lowest BCUT2D eigenvalue weighted by Gasteiger charge is -2.32. The molecule has 4 nitrogen and oxygen atoms in total. The summed E-state index contributed by atoms with van der Waals surface area (Å²) < 4.78 is 0. The first-order valence-electron chi connectivity index (χ1n) is 4.40. The van der Waals surface area contributed by atoms with Crippen LogP contribution in [-0.2, 0) is 0 Å². The molecule has 1 aliphatic heterocycles. The molecule has 1 spiro atoms. The van der Waals surface area contributed by atoms with Gasteiger partial charge in [-0.1, -0.05) is 19.3 Å². The zero-order valence-corrected chi connectivity index (χ0v) is 6.97. The minimum Gasteiger partial charge on any atom is -0.385 e. The third-order valence-corrected chi connectivity index (χ3v) is 2.77. The molecule has 0 atom stereocenters. The zero-order valence-electron chi connectivity index (χ0n) is 6.97. The van der Waals surface area contributed by atoms with Crippen LogP contribution < -0.4 is 11.1 Å². The Balaban J connectivity index is 2.21. The molecule has 4 heteroatoms. The zero-order chi connectivity index (χ0) is 8.60. The lowest BCUT2D eigenvalue weighted by molar-refractivity contribution is 0.239. The van der Waals surface area contributed by atoms with Crippen LogP contribution in [0.15, 0.2) is 4.99 Å². The molecule has 1 heterocycles. The van der Waals surface area contributed by atoms with Crippen LogP contribution >= 0.6 is 0 Å². The summed E-state index contributed by atoms with van der Waals surface area (Å²) in [6.45, 7) is 0. The Morgan fingerprint density at radius 3 is 2.50 bits per heavy atom. The summed E-state index contributed by atoms with van der Waals surface area (Å²) in [5, 5.41) is 2.85. The number of aliphatic imine (C=N–C) groups is 1. The van der Waals surface area contributed by atoms with Crippen molar-refractivity contribution >= 4 is 11.9 Å². The average Bonchev–Trinajstić information content (AvgIpc) is 2.29. The second-order valence-electron chi connectivity index (χ2n) is 3.57. The molecule has 0 aromatic carbocycles. The van der Waals surface area contributed by atoms with Gasteiger partial charge in [0.2, 0.25) is 0 Å². The van der Waals surface area contributed by atoms with E-state index in [1.807, 2.05) is 0 Å². The van der Waals surface area contributed by atoms with Crippen LogP contribution in [0.5, 0.6) is 0 Å². The summed E-state index contributed by atoms with van der Waals surface area (Å²) in [7, 11) is 0. The summed E-state index contributed by atoms with van der Waals surface area (Å²) in [5.74, 6) is 0.493. The van der Waals surface area contributed by atoms with E-state index in [1.165, 1.54) is 6.42 Å². The standard InChI is InChI=1S/C8H13N3O/c9-6-8(11-7(12)10-6)4-2-1-3-5-8/h1-5H2,(H3,9,10,11,12). The number of amides is 2. The van der Waals surface area contributed by atoms with Crippen molar-refractivity contribution in [2.45, 2.75) is 37.6 Å². The fraction of sp³-hybridized carbons (Fsp3) is 0.750. The van der Waals surface area contributed by atoms with Gasteiger partial charge in [0.15, 0.2) is 0 Å². The van der Waals surface area contributed by atoms with Crippen LogP contribution in [0, 0.1) is 0 Å². The lowest BCUT2D eigenvalue weighted by Crippen LogP contribution is -2.52. The van der Waals surface area contributed by atoms with Crippen molar-refractivity contribution in [2.75, 3.05) is 0 Å². The second-order valence-corrected chi connectivity index (χ2v) is 3.57. The number of nitrogens with zero attached hydrogens (tertiary/aromatic N) is 1. The molecule has 2 rings (SSSR count). The average molecular weight is 167 g/mol. The minimum atomic E-state index is -0.269. The first kappa shape index (κ1) is 7.58.